The Morgan fingerprint density at radius 1 is 0.962 bits per heavy atom. The van der Waals surface area contributed by atoms with Crippen LogP contribution in [-0.4, -0.2) is 21.0 Å². The fourth-order valence-electron chi connectivity index (χ4n) is 2.60. The van der Waals surface area contributed by atoms with Gasteiger partial charge >= 0.3 is 5.97 Å². The highest BCUT2D eigenvalue weighted by Crippen LogP contribution is 2.30. The average Bonchev–Trinajstić information content (AvgIpc) is 3.07. The van der Waals surface area contributed by atoms with Crippen molar-refractivity contribution in [1.29, 1.82) is 0 Å². The number of nitrogens with zero attached hydrogens (tertiary/aromatic N) is 1. The molecule has 128 valence electrons. The van der Waals surface area contributed by atoms with E-state index in [-0.39, 0.29) is 5.56 Å². The molecule has 0 aliphatic carbocycles. The van der Waals surface area contributed by atoms with Crippen molar-refractivity contribution in [3.05, 3.63) is 77.3 Å². The summed E-state index contributed by atoms with van der Waals surface area (Å²) in [6.45, 7) is 0. The van der Waals surface area contributed by atoms with Crippen LogP contribution in [-0.2, 0) is 0 Å². The van der Waals surface area contributed by atoms with Gasteiger partial charge in [0.05, 0.1) is 16.6 Å². The molecule has 0 amide bonds. The van der Waals surface area contributed by atoms with Crippen molar-refractivity contribution in [2.24, 2.45) is 0 Å². The molecule has 0 saturated carbocycles. The van der Waals surface area contributed by atoms with E-state index < -0.39 is 5.97 Å². The summed E-state index contributed by atoms with van der Waals surface area (Å²) < 4.78 is 0. The zero-order valence-electron chi connectivity index (χ0n) is 13.4. The highest BCUT2D eigenvalue weighted by atomic mass is 35.5. The number of carboxylic acid groups (broad SMARTS) is 1. The molecule has 2 N–H and O–H groups in total. The minimum absolute atomic E-state index is 0.227. The molecule has 0 aliphatic heterocycles. The second-order valence-corrected chi connectivity index (χ2v) is 7.29. The van der Waals surface area contributed by atoms with Gasteiger partial charge in [-0.1, -0.05) is 35.5 Å². The third-order valence-electron chi connectivity index (χ3n) is 3.91. The summed E-state index contributed by atoms with van der Waals surface area (Å²) in [5.41, 5.74) is 2.62. The second-order valence-electron chi connectivity index (χ2n) is 5.70. The number of benzene rings is 3. The first-order valence-electron chi connectivity index (χ1n) is 7.85. The van der Waals surface area contributed by atoms with Gasteiger partial charge in [-0.3, -0.25) is 0 Å². The summed E-state index contributed by atoms with van der Waals surface area (Å²) in [4.78, 5) is 21.0. The van der Waals surface area contributed by atoms with Crippen LogP contribution in [0.2, 0.25) is 5.02 Å². The zero-order valence-corrected chi connectivity index (χ0v) is 15.0. The zero-order chi connectivity index (χ0) is 18.1. The van der Waals surface area contributed by atoms with Gasteiger partial charge in [-0.05, 0) is 54.6 Å². The normalized spacial score (nSPS) is 11.0. The van der Waals surface area contributed by atoms with Gasteiger partial charge in [0.2, 0.25) is 0 Å². The van der Waals surface area contributed by atoms with Crippen LogP contribution >= 0.6 is 23.4 Å². The minimum atomic E-state index is -0.958. The molecule has 0 unspecified atom stereocenters. The van der Waals surface area contributed by atoms with Crippen LogP contribution in [0.5, 0.6) is 0 Å². The molecule has 4 aromatic rings. The molecule has 0 spiro atoms. The van der Waals surface area contributed by atoms with Gasteiger partial charge in [0.25, 0.3) is 0 Å². The van der Waals surface area contributed by atoms with Gasteiger partial charge in [-0.25, -0.2) is 9.78 Å². The lowest BCUT2D eigenvalue weighted by atomic mass is 10.2. The smallest absolute Gasteiger partial charge is 0.335 e. The van der Waals surface area contributed by atoms with Crippen molar-refractivity contribution in [1.82, 2.24) is 9.97 Å². The Balaban J connectivity index is 1.59. The molecular weight excluding hydrogens is 368 g/mol. The van der Waals surface area contributed by atoms with E-state index in [0.717, 1.165) is 25.9 Å². The van der Waals surface area contributed by atoms with Crippen LogP contribution in [0.15, 0.2) is 76.5 Å². The summed E-state index contributed by atoms with van der Waals surface area (Å²) in [7, 11) is 0. The topological polar surface area (TPSA) is 66.0 Å². The fourth-order valence-corrected chi connectivity index (χ4v) is 3.54. The molecule has 4 rings (SSSR count). The van der Waals surface area contributed by atoms with Crippen molar-refractivity contribution < 1.29 is 9.90 Å². The van der Waals surface area contributed by atoms with Gasteiger partial charge in [-0.2, -0.15) is 0 Å². The van der Waals surface area contributed by atoms with Crippen molar-refractivity contribution in [3.8, 4) is 11.4 Å². The highest BCUT2D eigenvalue weighted by molar-refractivity contribution is 7.99. The van der Waals surface area contributed by atoms with Gasteiger partial charge in [-0.15, -0.1) is 0 Å². The molecule has 0 saturated heterocycles. The van der Waals surface area contributed by atoms with E-state index >= 15 is 0 Å². The van der Waals surface area contributed by atoms with E-state index in [4.69, 9.17) is 16.7 Å². The molecule has 3 aromatic carbocycles. The summed E-state index contributed by atoms with van der Waals surface area (Å²) in [5, 5.41) is 9.81. The minimum Gasteiger partial charge on any atom is -0.478 e. The number of nitrogens with one attached hydrogen (secondary N) is 1. The molecule has 0 aliphatic rings. The van der Waals surface area contributed by atoms with Crippen LogP contribution in [0.1, 0.15) is 10.4 Å². The molecule has 1 heterocycles. The Hall–Kier alpha value is -2.76. The predicted octanol–water partition coefficient (Wildman–Crippen LogP) is 5.73. The first-order valence-corrected chi connectivity index (χ1v) is 9.05. The van der Waals surface area contributed by atoms with Gasteiger partial charge in [0, 0.05) is 20.4 Å². The maximum Gasteiger partial charge on any atom is 0.335 e. The summed E-state index contributed by atoms with van der Waals surface area (Å²) in [6, 6.07) is 20.6. The summed E-state index contributed by atoms with van der Waals surface area (Å²) >= 11 is 7.57. The summed E-state index contributed by atoms with van der Waals surface area (Å²) in [5.74, 6) is -0.245. The van der Waals surface area contributed by atoms with Crippen molar-refractivity contribution in [2.75, 3.05) is 0 Å². The number of fused-ring (bicyclic) bond motifs is 1. The molecule has 0 radical (unpaired) electrons. The Morgan fingerprint density at radius 3 is 2.27 bits per heavy atom. The van der Waals surface area contributed by atoms with Gasteiger partial charge < -0.3 is 10.1 Å². The predicted molar refractivity (Wildman–Crippen MR) is 104 cm³/mol. The van der Waals surface area contributed by atoms with E-state index in [2.05, 4.69) is 9.97 Å². The lowest BCUT2D eigenvalue weighted by Gasteiger charge is -2.03. The highest BCUT2D eigenvalue weighted by Gasteiger charge is 2.09. The number of aromatic amines is 1. The quantitative estimate of drug-likeness (QED) is 0.474. The molecule has 6 heteroatoms. The number of aromatic carboxylic acids is 1. The van der Waals surface area contributed by atoms with Gasteiger partial charge in [0.15, 0.2) is 0 Å². The molecule has 26 heavy (non-hydrogen) atoms. The Labute approximate surface area is 158 Å². The van der Waals surface area contributed by atoms with Crippen molar-refractivity contribution in [2.45, 2.75) is 9.79 Å². The van der Waals surface area contributed by atoms with E-state index in [0.29, 0.717) is 11.3 Å². The van der Waals surface area contributed by atoms with E-state index in [1.54, 1.807) is 30.0 Å². The molecule has 0 fully saturated rings. The number of hydrogen-bond acceptors (Lipinski definition) is 3. The number of imidazole rings is 1. The van der Waals surface area contributed by atoms with E-state index in [1.807, 2.05) is 48.5 Å². The van der Waals surface area contributed by atoms with E-state index in [1.165, 1.54) is 0 Å². The third-order valence-corrected chi connectivity index (χ3v) is 5.17. The number of carbonyl (C=O) groups is 1. The number of halogens is 1. The number of rotatable bonds is 4. The number of H-pyrrole nitrogens is 1. The van der Waals surface area contributed by atoms with Crippen LogP contribution in [0.3, 0.4) is 0 Å². The SMILES string of the molecule is O=C(O)c1ccc2[nH]c(-c3ccc(Sc4ccc(Cl)cc4)cc3)nc2c1. The largest absolute Gasteiger partial charge is 0.478 e. The molecule has 1 aromatic heterocycles. The first kappa shape index (κ1) is 16.7. The van der Waals surface area contributed by atoms with Crippen molar-refractivity contribution >= 4 is 40.4 Å². The number of hydrogen-bond donors (Lipinski definition) is 2. The van der Waals surface area contributed by atoms with Crippen LogP contribution < -0.4 is 0 Å². The number of aromatic nitrogens is 2. The first-order chi connectivity index (χ1) is 12.6. The molecular formula is C20H13ClN2O2S. The van der Waals surface area contributed by atoms with Crippen LogP contribution in [0.25, 0.3) is 22.4 Å². The van der Waals surface area contributed by atoms with Crippen LogP contribution in [0.4, 0.5) is 0 Å². The fraction of sp³-hybridized carbons (Fsp3) is 0. The second kappa shape index (κ2) is 6.86. The molecule has 0 bridgehead atoms. The standard InChI is InChI=1S/C20H13ClN2O2S/c21-14-4-8-16(9-5-14)26-15-6-1-12(2-7-15)19-22-17-10-3-13(20(24)25)11-18(17)23-19/h1-11H,(H,22,23)(H,24,25). The Kier molecular flexibility index (Phi) is 4.41. The lowest BCUT2D eigenvalue weighted by Crippen LogP contribution is -1.94. The maximum atomic E-state index is 11.1. The molecule has 0 atom stereocenters. The maximum absolute atomic E-state index is 11.1. The lowest BCUT2D eigenvalue weighted by molar-refractivity contribution is 0.0697. The number of carboxylic acids is 1. The average molecular weight is 381 g/mol. The Morgan fingerprint density at radius 2 is 1.62 bits per heavy atom. The molecule has 4 nitrogen and oxygen atoms in total. The summed E-state index contributed by atoms with van der Waals surface area (Å²) in [6.07, 6.45) is 0. The van der Waals surface area contributed by atoms with Gasteiger partial charge in [0.1, 0.15) is 5.82 Å². The van der Waals surface area contributed by atoms with Crippen molar-refractivity contribution in [3.63, 3.8) is 0 Å². The van der Waals surface area contributed by atoms with Crippen LogP contribution in [0, 0.1) is 0 Å². The Bertz CT molecular complexity index is 1090. The third kappa shape index (κ3) is 3.45. The van der Waals surface area contributed by atoms with E-state index in [9.17, 15) is 4.79 Å². The monoisotopic (exact) mass is 380 g/mol.